The second-order valence-corrected chi connectivity index (χ2v) is 12.2. The Morgan fingerprint density at radius 2 is 1.05 bits per heavy atom. The van der Waals surface area contributed by atoms with Crippen LogP contribution in [0.2, 0.25) is 0 Å². The van der Waals surface area contributed by atoms with Crippen molar-refractivity contribution in [1.82, 2.24) is 10.2 Å². The molecule has 1 heterocycles. The molecule has 1 N–H and O–H groups in total. The lowest BCUT2D eigenvalue weighted by molar-refractivity contribution is -0.140. The number of hydrogen-bond donors (Lipinski definition) is 1. The highest BCUT2D eigenvalue weighted by molar-refractivity contribution is 5.68. The van der Waals surface area contributed by atoms with Gasteiger partial charge >= 0.3 is 5.97 Å². The third-order valence-electron chi connectivity index (χ3n) is 8.72. The number of unbranched alkanes of at least 4 members (excludes halogenated alkanes) is 19. The van der Waals surface area contributed by atoms with E-state index in [1.807, 2.05) is 0 Å². The van der Waals surface area contributed by atoms with Crippen LogP contribution in [-0.2, 0) is 9.53 Å². The molecule has 4 nitrogen and oxygen atoms in total. The topological polar surface area (TPSA) is 41.6 Å². The summed E-state index contributed by atoms with van der Waals surface area (Å²) in [5, 5.41) is 3.53. The molecule has 0 aromatic rings. The van der Waals surface area contributed by atoms with Crippen LogP contribution in [0.25, 0.3) is 0 Å². The van der Waals surface area contributed by atoms with E-state index in [1.54, 1.807) is 0 Å². The van der Waals surface area contributed by atoms with Crippen molar-refractivity contribution in [3.05, 3.63) is 0 Å². The molecule has 0 aliphatic carbocycles. The summed E-state index contributed by atoms with van der Waals surface area (Å²) in [6.45, 7) is 8.74. The molecular formula is C34H68N2O2. The van der Waals surface area contributed by atoms with E-state index in [0.717, 1.165) is 12.3 Å². The number of methoxy groups -OCH3 is 1. The SMILES string of the molecule is CCCCCCCCCCCCCCN(CCCCCCCCCCCC(=O)OC)CCC1CCNCC1. The summed E-state index contributed by atoms with van der Waals surface area (Å²) in [7, 11) is 1.48. The molecule has 1 aliphatic heterocycles. The summed E-state index contributed by atoms with van der Waals surface area (Å²) in [6, 6.07) is 0. The maximum absolute atomic E-state index is 11.2. The summed E-state index contributed by atoms with van der Waals surface area (Å²) in [5.41, 5.74) is 0. The molecule has 0 spiro atoms. The first-order valence-corrected chi connectivity index (χ1v) is 17.3. The second kappa shape index (κ2) is 27.9. The van der Waals surface area contributed by atoms with Gasteiger partial charge in [-0.2, -0.15) is 0 Å². The Kier molecular flexibility index (Phi) is 26.0. The Bertz CT molecular complexity index is 493. The number of carbonyl (C=O) groups excluding carboxylic acids is 1. The van der Waals surface area contributed by atoms with E-state index >= 15 is 0 Å². The minimum Gasteiger partial charge on any atom is -0.469 e. The normalized spacial score (nSPS) is 14.4. The molecule has 0 unspecified atom stereocenters. The van der Waals surface area contributed by atoms with Crippen LogP contribution in [0.5, 0.6) is 0 Å². The van der Waals surface area contributed by atoms with Gasteiger partial charge < -0.3 is 15.0 Å². The lowest BCUT2D eigenvalue weighted by Crippen LogP contribution is -2.32. The lowest BCUT2D eigenvalue weighted by atomic mass is 9.94. The average molecular weight is 537 g/mol. The largest absolute Gasteiger partial charge is 0.469 e. The minimum absolute atomic E-state index is 0.0615. The Balaban J connectivity index is 2.05. The van der Waals surface area contributed by atoms with Crippen LogP contribution in [-0.4, -0.2) is 50.7 Å². The molecule has 0 radical (unpaired) electrons. The number of piperidine rings is 1. The molecular weight excluding hydrogens is 468 g/mol. The third kappa shape index (κ3) is 23.3. The van der Waals surface area contributed by atoms with Crippen LogP contribution in [0.4, 0.5) is 0 Å². The molecule has 0 amide bonds. The summed E-state index contributed by atoms with van der Waals surface area (Å²) in [4.78, 5) is 14.0. The molecule has 4 heteroatoms. The van der Waals surface area contributed by atoms with Crippen LogP contribution in [0.3, 0.4) is 0 Å². The molecule has 0 bridgehead atoms. The molecule has 1 fully saturated rings. The van der Waals surface area contributed by atoms with Crippen molar-refractivity contribution in [3.8, 4) is 0 Å². The van der Waals surface area contributed by atoms with Crippen molar-refractivity contribution >= 4 is 5.97 Å². The minimum atomic E-state index is -0.0615. The number of rotatable bonds is 28. The van der Waals surface area contributed by atoms with Crippen molar-refractivity contribution in [3.63, 3.8) is 0 Å². The quantitative estimate of drug-likeness (QED) is 0.0798. The molecule has 1 saturated heterocycles. The zero-order valence-corrected chi connectivity index (χ0v) is 26.1. The number of hydrogen-bond acceptors (Lipinski definition) is 4. The van der Waals surface area contributed by atoms with Crippen LogP contribution < -0.4 is 5.32 Å². The molecule has 0 aromatic heterocycles. The van der Waals surface area contributed by atoms with Gasteiger partial charge in [0.2, 0.25) is 0 Å². The van der Waals surface area contributed by atoms with E-state index < -0.39 is 0 Å². The fraction of sp³-hybridized carbons (Fsp3) is 0.971. The molecule has 226 valence electrons. The molecule has 1 rings (SSSR count). The van der Waals surface area contributed by atoms with E-state index in [-0.39, 0.29) is 5.97 Å². The van der Waals surface area contributed by atoms with Crippen molar-refractivity contribution < 1.29 is 9.53 Å². The average Bonchev–Trinajstić information content (AvgIpc) is 2.95. The molecule has 38 heavy (non-hydrogen) atoms. The Morgan fingerprint density at radius 1 is 0.632 bits per heavy atom. The van der Waals surface area contributed by atoms with Crippen molar-refractivity contribution in [1.29, 1.82) is 0 Å². The summed E-state index contributed by atoms with van der Waals surface area (Å²) in [6.07, 6.45) is 33.7. The Hall–Kier alpha value is -0.610. The maximum atomic E-state index is 11.2. The highest BCUT2D eigenvalue weighted by Gasteiger charge is 2.14. The summed E-state index contributed by atoms with van der Waals surface area (Å²) in [5.74, 6) is 0.891. The monoisotopic (exact) mass is 537 g/mol. The van der Waals surface area contributed by atoms with Crippen LogP contribution in [0, 0.1) is 5.92 Å². The van der Waals surface area contributed by atoms with Crippen molar-refractivity contribution in [2.24, 2.45) is 5.92 Å². The second-order valence-electron chi connectivity index (χ2n) is 12.2. The Labute approximate surface area is 238 Å². The first-order valence-electron chi connectivity index (χ1n) is 17.3. The maximum Gasteiger partial charge on any atom is 0.305 e. The lowest BCUT2D eigenvalue weighted by Gasteiger charge is -2.27. The van der Waals surface area contributed by atoms with E-state index in [0.29, 0.717) is 6.42 Å². The molecule has 0 atom stereocenters. The number of nitrogens with one attached hydrogen (secondary N) is 1. The van der Waals surface area contributed by atoms with Gasteiger partial charge in [0.1, 0.15) is 0 Å². The molecule has 0 saturated carbocycles. The number of nitrogens with zero attached hydrogens (tertiary/aromatic N) is 1. The van der Waals surface area contributed by atoms with E-state index in [9.17, 15) is 4.79 Å². The van der Waals surface area contributed by atoms with Crippen molar-refractivity contribution in [2.75, 3.05) is 39.8 Å². The van der Waals surface area contributed by atoms with Gasteiger partial charge in [-0.15, -0.1) is 0 Å². The van der Waals surface area contributed by atoms with Gasteiger partial charge in [0.15, 0.2) is 0 Å². The predicted octanol–water partition coefficient (Wildman–Crippen LogP) is 9.45. The van der Waals surface area contributed by atoms with Crippen LogP contribution in [0.15, 0.2) is 0 Å². The zero-order chi connectivity index (χ0) is 27.4. The number of esters is 1. The fourth-order valence-corrected chi connectivity index (χ4v) is 5.99. The van der Waals surface area contributed by atoms with Crippen molar-refractivity contribution in [2.45, 2.75) is 167 Å². The highest BCUT2D eigenvalue weighted by atomic mass is 16.5. The van der Waals surface area contributed by atoms with Gasteiger partial charge in [0, 0.05) is 6.42 Å². The van der Waals surface area contributed by atoms with Gasteiger partial charge in [-0.25, -0.2) is 0 Å². The third-order valence-corrected chi connectivity index (χ3v) is 8.72. The standard InChI is InChI=1S/C34H68N2O2/c1-3-4-5-6-7-8-9-10-13-16-19-22-30-36(32-27-33-25-28-35-29-26-33)31-23-20-17-14-11-12-15-18-21-24-34(37)38-2/h33,35H,3-32H2,1-2H3. The van der Waals surface area contributed by atoms with Gasteiger partial charge in [-0.05, 0) is 77.2 Å². The predicted molar refractivity (Wildman–Crippen MR) is 166 cm³/mol. The first kappa shape index (κ1) is 35.4. The molecule has 1 aliphatic rings. The first-order chi connectivity index (χ1) is 18.8. The summed E-state index contributed by atoms with van der Waals surface area (Å²) >= 11 is 0. The van der Waals surface area contributed by atoms with E-state index in [2.05, 4.69) is 17.1 Å². The van der Waals surface area contributed by atoms with Crippen LogP contribution in [0.1, 0.15) is 167 Å². The fourth-order valence-electron chi connectivity index (χ4n) is 5.99. The van der Waals surface area contributed by atoms with Gasteiger partial charge in [0.05, 0.1) is 7.11 Å². The zero-order valence-electron chi connectivity index (χ0n) is 26.1. The smallest absolute Gasteiger partial charge is 0.305 e. The molecule has 0 aromatic carbocycles. The van der Waals surface area contributed by atoms with Gasteiger partial charge in [-0.1, -0.05) is 122 Å². The van der Waals surface area contributed by atoms with Crippen LogP contribution >= 0.6 is 0 Å². The van der Waals surface area contributed by atoms with E-state index in [1.165, 1.54) is 188 Å². The highest BCUT2D eigenvalue weighted by Crippen LogP contribution is 2.18. The van der Waals surface area contributed by atoms with Gasteiger partial charge in [0.25, 0.3) is 0 Å². The van der Waals surface area contributed by atoms with E-state index in [4.69, 9.17) is 4.74 Å². The summed E-state index contributed by atoms with van der Waals surface area (Å²) < 4.78 is 4.71. The number of ether oxygens (including phenoxy) is 1. The Morgan fingerprint density at radius 3 is 1.50 bits per heavy atom. The van der Waals surface area contributed by atoms with Gasteiger partial charge in [-0.3, -0.25) is 4.79 Å². The number of carbonyl (C=O) groups is 1.